The number of rotatable bonds is 4. The largest absolute Gasteiger partial charge is 0.381 e. The molecule has 4 nitrogen and oxygen atoms in total. The lowest BCUT2D eigenvalue weighted by Gasteiger charge is -2.02. The van der Waals surface area contributed by atoms with Gasteiger partial charge in [-0.3, -0.25) is 0 Å². The van der Waals surface area contributed by atoms with Gasteiger partial charge in [-0.1, -0.05) is 13.8 Å². The van der Waals surface area contributed by atoms with Crippen molar-refractivity contribution >= 4 is 5.82 Å². The molecule has 0 aromatic carbocycles. The predicted octanol–water partition coefficient (Wildman–Crippen LogP) is 1.69. The van der Waals surface area contributed by atoms with E-state index < -0.39 is 0 Å². The normalized spacial score (nSPS) is 23.7. The van der Waals surface area contributed by atoms with E-state index in [1.165, 1.54) is 12.8 Å². The van der Waals surface area contributed by atoms with Gasteiger partial charge in [0.25, 0.3) is 0 Å². The zero-order chi connectivity index (χ0) is 10.2. The summed E-state index contributed by atoms with van der Waals surface area (Å²) in [5.41, 5.74) is 6.06. The van der Waals surface area contributed by atoms with E-state index in [-0.39, 0.29) is 0 Å². The number of anilines is 1. The highest BCUT2D eigenvalue weighted by Gasteiger charge is 2.44. The van der Waals surface area contributed by atoms with Crippen LogP contribution in [0.1, 0.15) is 33.1 Å². The Bertz CT molecular complexity index is 316. The van der Waals surface area contributed by atoms with Crippen molar-refractivity contribution in [3.05, 3.63) is 6.20 Å². The molecule has 4 heteroatoms. The van der Waals surface area contributed by atoms with Crippen molar-refractivity contribution in [1.82, 2.24) is 15.0 Å². The molecule has 1 aromatic heterocycles. The first-order valence-electron chi connectivity index (χ1n) is 5.23. The maximum Gasteiger partial charge on any atom is 0.165 e. The number of nitrogens with zero attached hydrogens (tertiary/aromatic N) is 3. The van der Waals surface area contributed by atoms with E-state index in [1.807, 2.05) is 0 Å². The van der Waals surface area contributed by atoms with Crippen molar-refractivity contribution < 1.29 is 0 Å². The molecular weight excluding hydrogens is 176 g/mol. The number of hydrogen-bond acceptors (Lipinski definition) is 3. The molecule has 0 radical (unpaired) electrons. The third kappa shape index (κ3) is 2.05. The smallest absolute Gasteiger partial charge is 0.165 e. The van der Waals surface area contributed by atoms with Crippen molar-refractivity contribution in [2.45, 2.75) is 39.7 Å². The second-order valence-corrected chi connectivity index (χ2v) is 4.90. The molecule has 1 aliphatic rings. The Hall–Kier alpha value is -1.06. The predicted molar refractivity (Wildman–Crippen MR) is 55.6 cm³/mol. The van der Waals surface area contributed by atoms with Crippen LogP contribution in [-0.4, -0.2) is 15.0 Å². The van der Waals surface area contributed by atoms with Crippen LogP contribution in [0.4, 0.5) is 5.82 Å². The molecule has 1 aromatic rings. The molecule has 0 bridgehead atoms. The van der Waals surface area contributed by atoms with Crippen LogP contribution in [0.15, 0.2) is 6.20 Å². The van der Waals surface area contributed by atoms with Gasteiger partial charge in [0, 0.05) is 0 Å². The molecule has 2 rings (SSSR count). The van der Waals surface area contributed by atoms with Crippen LogP contribution in [0.3, 0.4) is 0 Å². The Labute approximate surface area is 84.5 Å². The summed E-state index contributed by atoms with van der Waals surface area (Å²) in [5.74, 6) is 1.42. The van der Waals surface area contributed by atoms with E-state index in [2.05, 4.69) is 24.0 Å². The standard InChI is InChI=1S/C10H18N4/c1-10(2)6-8(10)4-3-5-14-12-7-9(11)13-14/h7-8H,3-6H2,1-2H3,(H2,11,13). The van der Waals surface area contributed by atoms with Gasteiger partial charge in [0.05, 0.1) is 12.7 Å². The zero-order valence-electron chi connectivity index (χ0n) is 8.90. The second kappa shape index (κ2) is 3.26. The first kappa shape index (κ1) is 9.49. The van der Waals surface area contributed by atoms with Crippen LogP contribution < -0.4 is 5.73 Å². The van der Waals surface area contributed by atoms with E-state index in [9.17, 15) is 0 Å². The quantitative estimate of drug-likeness (QED) is 0.793. The van der Waals surface area contributed by atoms with E-state index in [1.54, 1.807) is 11.0 Å². The van der Waals surface area contributed by atoms with Crippen LogP contribution in [0.5, 0.6) is 0 Å². The molecule has 1 saturated carbocycles. The van der Waals surface area contributed by atoms with Gasteiger partial charge >= 0.3 is 0 Å². The van der Waals surface area contributed by atoms with Gasteiger partial charge in [-0.15, -0.1) is 5.10 Å². The minimum atomic E-state index is 0.511. The lowest BCUT2D eigenvalue weighted by atomic mass is 10.1. The molecule has 1 fully saturated rings. The van der Waals surface area contributed by atoms with Crippen molar-refractivity contribution in [3.63, 3.8) is 0 Å². The van der Waals surface area contributed by atoms with E-state index in [0.29, 0.717) is 11.2 Å². The monoisotopic (exact) mass is 194 g/mol. The third-order valence-electron chi connectivity index (χ3n) is 3.18. The average molecular weight is 194 g/mol. The highest BCUT2D eigenvalue weighted by molar-refractivity contribution is 5.19. The fourth-order valence-electron chi connectivity index (χ4n) is 1.97. The van der Waals surface area contributed by atoms with Crippen LogP contribution in [0, 0.1) is 11.3 Å². The first-order valence-corrected chi connectivity index (χ1v) is 5.23. The average Bonchev–Trinajstić information content (AvgIpc) is 2.53. The Kier molecular flexibility index (Phi) is 2.21. The third-order valence-corrected chi connectivity index (χ3v) is 3.18. The minimum Gasteiger partial charge on any atom is -0.381 e. The fraction of sp³-hybridized carbons (Fsp3) is 0.800. The Balaban J connectivity index is 1.69. The number of nitrogens with two attached hydrogens (primary N) is 1. The molecule has 2 N–H and O–H groups in total. The molecule has 1 unspecified atom stereocenters. The van der Waals surface area contributed by atoms with Crippen LogP contribution in [0.2, 0.25) is 0 Å². The molecule has 14 heavy (non-hydrogen) atoms. The molecule has 1 heterocycles. The van der Waals surface area contributed by atoms with Gasteiger partial charge in [-0.05, 0) is 30.6 Å². The van der Waals surface area contributed by atoms with Crippen LogP contribution >= 0.6 is 0 Å². The highest BCUT2D eigenvalue weighted by Crippen LogP contribution is 2.54. The molecule has 1 atom stereocenters. The maximum absolute atomic E-state index is 5.47. The molecular formula is C10H18N4. The fourth-order valence-corrected chi connectivity index (χ4v) is 1.97. The summed E-state index contributed by atoms with van der Waals surface area (Å²) in [7, 11) is 0. The topological polar surface area (TPSA) is 56.7 Å². The summed E-state index contributed by atoms with van der Waals surface area (Å²) in [4.78, 5) is 1.69. The molecule has 1 aliphatic carbocycles. The van der Waals surface area contributed by atoms with E-state index in [0.717, 1.165) is 18.9 Å². The van der Waals surface area contributed by atoms with Crippen LogP contribution in [-0.2, 0) is 6.54 Å². The first-order chi connectivity index (χ1) is 6.58. The Morgan fingerprint density at radius 2 is 2.36 bits per heavy atom. The van der Waals surface area contributed by atoms with Crippen LogP contribution in [0.25, 0.3) is 0 Å². The summed E-state index contributed by atoms with van der Waals surface area (Å²) in [6.07, 6.45) is 5.42. The Morgan fingerprint density at radius 3 is 2.86 bits per heavy atom. The summed E-state index contributed by atoms with van der Waals surface area (Å²) >= 11 is 0. The van der Waals surface area contributed by atoms with Crippen molar-refractivity contribution in [3.8, 4) is 0 Å². The van der Waals surface area contributed by atoms with Gasteiger partial charge in [0.1, 0.15) is 0 Å². The SMILES string of the molecule is CC1(C)CC1CCCn1ncc(N)n1. The van der Waals surface area contributed by atoms with E-state index >= 15 is 0 Å². The number of hydrogen-bond donors (Lipinski definition) is 1. The number of nitrogen functional groups attached to an aromatic ring is 1. The molecule has 0 amide bonds. The summed E-state index contributed by atoms with van der Waals surface area (Å²) < 4.78 is 0. The Morgan fingerprint density at radius 1 is 1.64 bits per heavy atom. The summed E-state index contributed by atoms with van der Waals surface area (Å²) in [5, 5.41) is 8.10. The highest BCUT2D eigenvalue weighted by atomic mass is 15.5. The number of aryl methyl sites for hydroxylation is 1. The molecule has 0 spiro atoms. The molecule has 78 valence electrons. The summed E-state index contributed by atoms with van der Waals surface area (Å²) in [6.45, 7) is 5.56. The maximum atomic E-state index is 5.47. The van der Waals surface area contributed by atoms with Gasteiger partial charge < -0.3 is 5.73 Å². The van der Waals surface area contributed by atoms with Gasteiger partial charge in [-0.25, -0.2) is 0 Å². The zero-order valence-corrected chi connectivity index (χ0v) is 8.90. The number of aromatic nitrogens is 3. The van der Waals surface area contributed by atoms with Gasteiger partial charge in [0.2, 0.25) is 0 Å². The molecule has 0 saturated heterocycles. The lowest BCUT2D eigenvalue weighted by Crippen LogP contribution is -2.03. The molecule has 0 aliphatic heterocycles. The van der Waals surface area contributed by atoms with E-state index in [4.69, 9.17) is 5.73 Å². The van der Waals surface area contributed by atoms with Crippen molar-refractivity contribution in [1.29, 1.82) is 0 Å². The van der Waals surface area contributed by atoms with Crippen molar-refractivity contribution in [2.24, 2.45) is 11.3 Å². The lowest BCUT2D eigenvalue weighted by molar-refractivity contribution is 0.455. The van der Waals surface area contributed by atoms with Gasteiger partial charge in [0.15, 0.2) is 5.82 Å². The minimum absolute atomic E-state index is 0.511. The van der Waals surface area contributed by atoms with Crippen molar-refractivity contribution in [2.75, 3.05) is 5.73 Å². The van der Waals surface area contributed by atoms with Gasteiger partial charge in [-0.2, -0.15) is 9.90 Å². The summed E-state index contributed by atoms with van der Waals surface area (Å²) in [6, 6.07) is 0. The second-order valence-electron chi connectivity index (χ2n) is 4.90.